The third-order valence-corrected chi connectivity index (χ3v) is 3.85. The highest BCUT2D eigenvalue weighted by molar-refractivity contribution is 7.09. The van der Waals surface area contributed by atoms with Crippen LogP contribution in [-0.2, 0) is 11.2 Å². The van der Waals surface area contributed by atoms with Crippen molar-refractivity contribution in [3.8, 4) is 0 Å². The molecule has 88 valence electrons. The van der Waals surface area contributed by atoms with E-state index in [0.717, 1.165) is 23.9 Å². The zero-order valence-corrected chi connectivity index (χ0v) is 10.3. The molecule has 1 atom stereocenters. The van der Waals surface area contributed by atoms with Crippen LogP contribution >= 0.6 is 11.5 Å². The molecule has 0 aliphatic carbocycles. The number of carboxylic acid groups (broad SMARTS) is 1. The van der Waals surface area contributed by atoms with Gasteiger partial charge in [0.1, 0.15) is 5.82 Å². The first kappa shape index (κ1) is 11.3. The van der Waals surface area contributed by atoms with Gasteiger partial charge in [0.15, 0.2) is 0 Å². The van der Waals surface area contributed by atoms with E-state index in [1.54, 1.807) is 6.92 Å². The van der Waals surface area contributed by atoms with Crippen LogP contribution in [0.15, 0.2) is 0 Å². The molecule has 0 spiro atoms. The van der Waals surface area contributed by atoms with E-state index in [9.17, 15) is 4.79 Å². The maximum absolute atomic E-state index is 11.1. The minimum atomic E-state index is -0.727. The lowest BCUT2D eigenvalue weighted by Gasteiger charge is -2.18. The molecule has 1 aliphatic rings. The van der Waals surface area contributed by atoms with E-state index >= 15 is 0 Å². The quantitative estimate of drug-likeness (QED) is 0.866. The van der Waals surface area contributed by atoms with Crippen LogP contribution in [0.1, 0.15) is 26.1 Å². The van der Waals surface area contributed by atoms with Crippen molar-refractivity contribution < 1.29 is 9.90 Å². The maximum Gasteiger partial charge on any atom is 0.311 e. The summed E-state index contributed by atoms with van der Waals surface area (Å²) in [4.78, 5) is 17.5. The molecule has 16 heavy (non-hydrogen) atoms. The third-order valence-electron chi connectivity index (χ3n) is 3.03. The number of nitrogens with zero attached hydrogens (tertiary/aromatic N) is 3. The van der Waals surface area contributed by atoms with Gasteiger partial charge < -0.3 is 10.0 Å². The van der Waals surface area contributed by atoms with Crippen LogP contribution in [0.5, 0.6) is 0 Å². The summed E-state index contributed by atoms with van der Waals surface area (Å²) in [5.74, 6) is 0.110. The number of anilines is 1. The molecule has 0 bridgehead atoms. The summed E-state index contributed by atoms with van der Waals surface area (Å²) in [6.07, 6.45) is 1.49. The van der Waals surface area contributed by atoms with Crippen molar-refractivity contribution in [1.29, 1.82) is 0 Å². The van der Waals surface area contributed by atoms with Gasteiger partial charge >= 0.3 is 5.97 Å². The summed E-state index contributed by atoms with van der Waals surface area (Å²) in [7, 11) is 0. The molecule has 5 nitrogen and oxygen atoms in total. The summed E-state index contributed by atoms with van der Waals surface area (Å²) in [6, 6.07) is 0. The van der Waals surface area contributed by atoms with Crippen LogP contribution in [-0.4, -0.2) is 33.5 Å². The lowest BCUT2D eigenvalue weighted by atomic mass is 9.90. The predicted octanol–water partition coefficient (Wildman–Crippen LogP) is 1.40. The molecule has 0 aromatic carbocycles. The molecule has 1 aromatic rings. The van der Waals surface area contributed by atoms with Crippen molar-refractivity contribution in [3.05, 3.63) is 5.82 Å². The minimum Gasteiger partial charge on any atom is -0.481 e. The Labute approximate surface area is 98.3 Å². The van der Waals surface area contributed by atoms with Crippen LogP contribution in [0.2, 0.25) is 0 Å². The van der Waals surface area contributed by atoms with Crippen LogP contribution in [0.3, 0.4) is 0 Å². The Morgan fingerprint density at radius 1 is 1.69 bits per heavy atom. The molecule has 1 aromatic heterocycles. The summed E-state index contributed by atoms with van der Waals surface area (Å²) >= 11 is 1.36. The van der Waals surface area contributed by atoms with Crippen molar-refractivity contribution in [2.75, 3.05) is 18.0 Å². The Morgan fingerprint density at radius 2 is 2.44 bits per heavy atom. The molecule has 1 unspecified atom stereocenters. The van der Waals surface area contributed by atoms with Gasteiger partial charge in [-0.25, -0.2) is 4.98 Å². The Balaban J connectivity index is 2.11. The normalized spacial score (nSPS) is 25.0. The van der Waals surface area contributed by atoms with Crippen molar-refractivity contribution in [3.63, 3.8) is 0 Å². The van der Waals surface area contributed by atoms with Gasteiger partial charge in [0.2, 0.25) is 5.13 Å². The largest absolute Gasteiger partial charge is 0.481 e. The van der Waals surface area contributed by atoms with E-state index in [1.807, 2.05) is 11.8 Å². The van der Waals surface area contributed by atoms with Gasteiger partial charge in [-0.15, -0.1) is 0 Å². The Morgan fingerprint density at radius 3 is 2.94 bits per heavy atom. The summed E-state index contributed by atoms with van der Waals surface area (Å²) in [5, 5.41) is 9.98. The minimum absolute atomic E-state index is 0.528. The molecular formula is C10H15N3O2S. The number of aromatic nitrogens is 2. The Bertz CT molecular complexity index is 407. The van der Waals surface area contributed by atoms with E-state index in [1.165, 1.54) is 11.5 Å². The Hall–Kier alpha value is -1.17. The molecule has 2 rings (SSSR count). The van der Waals surface area contributed by atoms with E-state index in [2.05, 4.69) is 9.36 Å². The highest BCUT2D eigenvalue weighted by Crippen LogP contribution is 2.33. The van der Waals surface area contributed by atoms with Crippen LogP contribution < -0.4 is 4.90 Å². The SMILES string of the molecule is CCc1nsc(N2CCC(C)(C(=O)O)C2)n1. The molecule has 2 heterocycles. The van der Waals surface area contributed by atoms with Gasteiger partial charge in [-0.05, 0) is 13.3 Å². The summed E-state index contributed by atoms with van der Waals surface area (Å²) in [6.45, 7) is 5.08. The van der Waals surface area contributed by atoms with Crippen LogP contribution in [0, 0.1) is 5.41 Å². The van der Waals surface area contributed by atoms with E-state index in [0.29, 0.717) is 13.0 Å². The first-order valence-corrected chi connectivity index (χ1v) is 6.13. The number of carboxylic acids is 1. The monoisotopic (exact) mass is 241 g/mol. The first-order valence-electron chi connectivity index (χ1n) is 5.36. The lowest BCUT2D eigenvalue weighted by molar-refractivity contribution is -0.146. The van der Waals surface area contributed by atoms with Crippen molar-refractivity contribution >= 4 is 22.6 Å². The number of rotatable bonds is 3. The highest BCUT2D eigenvalue weighted by Gasteiger charge is 2.41. The zero-order valence-electron chi connectivity index (χ0n) is 9.43. The fraction of sp³-hybridized carbons (Fsp3) is 0.700. The molecule has 6 heteroatoms. The van der Waals surface area contributed by atoms with Crippen LogP contribution in [0.25, 0.3) is 0 Å². The predicted molar refractivity (Wildman–Crippen MR) is 61.9 cm³/mol. The van der Waals surface area contributed by atoms with Gasteiger partial charge in [-0.3, -0.25) is 4.79 Å². The number of hydrogen-bond donors (Lipinski definition) is 1. The second-order valence-electron chi connectivity index (χ2n) is 4.38. The highest BCUT2D eigenvalue weighted by atomic mass is 32.1. The molecule has 1 fully saturated rings. The first-order chi connectivity index (χ1) is 7.55. The topological polar surface area (TPSA) is 66.3 Å². The van der Waals surface area contributed by atoms with E-state index in [4.69, 9.17) is 5.11 Å². The van der Waals surface area contributed by atoms with Gasteiger partial charge in [0.05, 0.1) is 5.41 Å². The standard InChI is InChI=1S/C10H15N3O2S/c1-3-7-11-9(16-12-7)13-5-4-10(2,6-13)8(14)15/h3-6H2,1-2H3,(H,14,15). The van der Waals surface area contributed by atoms with Gasteiger partial charge in [0, 0.05) is 31.0 Å². The average Bonchev–Trinajstić information content (AvgIpc) is 2.84. The number of carbonyl (C=O) groups is 1. The fourth-order valence-electron chi connectivity index (χ4n) is 1.82. The van der Waals surface area contributed by atoms with E-state index in [-0.39, 0.29) is 0 Å². The molecular weight excluding hydrogens is 226 g/mol. The average molecular weight is 241 g/mol. The van der Waals surface area contributed by atoms with Crippen molar-refractivity contribution in [2.24, 2.45) is 5.41 Å². The molecule has 1 aliphatic heterocycles. The smallest absolute Gasteiger partial charge is 0.311 e. The van der Waals surface area contributed by atoms with Gasteiger partial charge in [-0.1, -0.05) is 6.92 Å². The molecule has 0 saturated carbocycles. The van der Waals surface area contributed by atoms with Gasteiger partial charge in [-0.2, -0.15) is 4.37 Å². The fourth-order valence-corrected chi connectivity index (χ4v) is 2.59. The maximum atomic E-state index is 11.1. The molecule has 0 radical (unpaired) electrons. The van der Waals surface area contributed by atoms with Crippen molar-refractivity contribution in [1.82, 2.24) is 9.36 Å². The summed E-state index contributed by atoms with van der Waals surface area (Å²) < 4.78 is 4.21. The van der Waals surface area contributed by atoms with Crippen LogP contribution in [0.4, 0.5) is 5.13 Å². The molecule has 0 amide bonds. The molecule has 1 N–H and O–H groups in total. The number of aliphatic carboxylic acids is 1. The summed E-state index contributed by atoms with van der Waals surface area (Å²) in [5.41, 5.74) is -0.641. The number of hydrogen-bond acceptors (Lipinski definition) is 5. The second-order valence-corrected chi connectivity index (χ2v) is 5.11. The Kier molecular flexibility index (Phi) is 2.84. The van der Waals surface area contributed by atoms with Crippen molar-refractivity contribution in [2.45, 2.75) is 26.7 Å². The van der Waals surface area contributed by atoms with Gasteiger partial charge in [0.25, 0.3) is 0 Å². The van der Waals surface area contributed by atoms with E-state index < -0.39 is 11.4 Å². The third kappa shape index (κ3) is 1.89. The number of aryl methyl sites for hydroxylation is 1. The second kappa shape index (κ2) is 4.01. The lowest BCUT2D eigenvalue weighted by Crippen LogP contribution is -2.31. The molecule has 1 saturated heterocycles. The zero-order chi connectivity index (χ0) is 11.8.